The molecule has 112 valence electrons. The summed E-state index contributed by atoms with van der Waals surface area (Å²) in [5.74, 6) is -0.269. The minimum atomic E-state index is -0.717. The van der Waals surface area contributed by atoms with Crippen molar-refractivity contribution < 1.29 is 14.7 Å². The van der Waals surface area contributed by atoms with Gasteiger partial charge in [0.05, 0.1) is 5.92 Å². The van der Waals surface area contributed by atoms with Crippen LogP contribution in [0.4, 0.5) is 4.79 Å². The molecule has 0 bridgehead atoms. The second kappa shape index (κ2) is 5.62. The number of nitrogens with zero attached hydrogens (tertiary/aromatic N) is 2. The average molecular weight is 280 g/mol. The molecule has 2 saturated heterocycles. The summed E-state index contributed by atoms with van der Waals surface area (Å²) >= 11 is 0. The Morgan fingerprint density at radius 3 is 2.30 bits per heavy atom. The summed E-state index contributed by atoms with van der Waals surface area (Å²) in [6.45, 7) is 2.10. The third-order valence-electron chi connectivity index (χ3n) is 5.37. The Kier molecular flexibility index (Phi) is 3.85. The first-order valence-electron chi connectivity index (χ1n) is 7.95. The third-order valence-corrected chi connectivity index (χ3v) is 5.37. The number of hydrogen-bond donors (Lipinski definition) is 1. The van der Waals surface area contributed by atoms with Crippen molar-refractivity contribution in [1.29, 1.82) is 0 Å². The number of carbonyl (C=O) groups is 2. The Labute approximate surface area is 119 Å². The molecule has 3 aliphatic rings. The lowest BCUT2D eigenvalue weighted by atomic mass is 9.85. The normalized spacial score (nSPS) is 31.2. The van der Waals surface area contributed by atoms with E-state index in [-0.39, 0.29) is 11.9 Å². The Balaban J connectivity index is 1.58. The predicted molar refractivity (Wildman–Crippen MR) is 74.4 cm³/mol. The summed E-state index contributed by atoms with van der Waals surface area (Å²) in [6.07, 6.45) is 7.34. The van der Waals surface area contributed by atoms with Crippen molar-refractivity contribution >= 4 is 12.0 Å². The van der Waals surface area contributed by atoms with Crippen LogP contribution in [0.15, 0.2) is 0 Å². The molecule has 5 nitrogen and oxygen atoms in total. The molecule has 0 aromatic carbocycles. The van der Waals surface area contributed by atoms with Crippen LogP contribution in [0.3, 0.4) is 0 Å². The number of likely N-dealkylation sites (tertiary alicyclic amines) is 2. The van der Waals surface area contributed by atoms with E-state index in [1.807, 2.05) is 4.90 Å². The molecular weight excluding hydrogens is 256 g/mol. The van der Waals surface area contributed by atoms with Gasteiger partial charge < -0.3 is 14.9 Å². The van der Waals surface area contributed by atoms with Gasteiger partial charge in [0.25, 0.3) is 0 Å². The van der Waals surface area contributed by atoms with Gasteiger partial charge in [-0.05, 0) is 38.0 Å². The number of carbonyl (C=O) groups excluding carboxylic acids is 1. The predicted octanol–water partition coefficient (Wildman–Crippen LogP) is 2.17. The third kappa shape index (κ3) is 2.50. The van der Waals surface area contributed by atoms with Crippen LogP contribution >= 0.6 is 0 Å². The Morgan fingerprint density at radius 1 is 0.900 bits per heavy atom. The van der Waals surface area contributed by atoms with Crippen LogP contribution in [-0.2, 0) is 4.79 Å². The van der Waals surface area contributed by atoms with Crippen molar-refractivity contribution in [3.8, 4) is 0 Å². The minimum absolute atomic E-state index is 0.156. The molecule has 2 aliphatic heterocycles. The zero-order valence-electron chi connectivity index (χ0n) is 12.0. The molecule has 5 heteroatoms. The van der Waals surface area contributed by atoms with E-state index in [1.165, 1.54) is 19.3 Å². The number of carboxylic acid groups (broad SMARTS) is 1. The number of urea groups is 1. The van der Waals surface area contributed by atoms with Crippen LogP contribution in [0, 0.1) is 11.8 Å². The molecular formula is C15H24N2O3. The lowest BCUT2D eigenvalue weighted by Gasteiger charge is -2.37. The van der Waals surface area contributed by atoms with Crippen LogP contribution in [0.2, 0.25) is 0 Å². The van der Waals surface area contributed by atoms with E-state index in [0.717, 1.165) is 19.4 Å². The van der Waals surface area contributed by atoms with Crippen molar-refractivity contribution in [2.75, 3.05) is 19.6 Å². The highest BCUT2D eigenvalue weighted by atomic mass is 16.4. The minimum Gasteiger partial charge on any atom is -0.481 e. The number of amides is 2. The SMILES string of the molecule is O=C(O)C1CCN(C(=O)N2CCC3CCCCC32)CC1. The van der Waals surface area contributed by atoms with Gasteiger partial charge in [-0.25, -0.2) is 4.79 Å². The molecule has 2 amide bonds. The van der Waals surface area contributed by atoms with Crippen molar-refractivity contribution in [3.05, 3.63) is 0 Å². The summed E-state index contributed by atoms with van der Waals surface area (Å²) in [5.41, 5.74) is 0. The molecule has 1 saturated carbocycles. The molecule has 0 aromatic heterocycles. The number of hydrogen-bond acceptors (Lipinski definition) is 2. The van der Waals surface area contributed by atoms with Gasteiger partial charge in [-0.15, -0.1) is 0 Å². The van der Waals surface area contributed by atoms with Crippen molar-refractivity contribution in [2.45, 2.75) is 51.0 Å². The van der Waals surface area contributed by atoms with Crippen molar-refractivity contribution in [2.24, 2.45) is 11.8 Å². The number of rotatable bonds is 1. The maximum absolute atomic E-state index is 12.6. The van der Waals surface area contributed by atoms with E-state index in [2.05, 4.69) is 4.90 Å². The Morgan fingerprint density at radius 2 is 1.60 bits per heavy atom. The lowest BCUT2D eigenvalue weighted by molar-refractivity contribution is -0.143. The molecule has 0 radical (unpaired) electrons. The fraction of sp³-hybridized carbons (Fsp3) is 0.867. The summed E-state index contributed by atoms with van der Waals surface area (Å²) in [5, 5.41) is 9.02. The van der Waals surface area contributed by atoms with E-state index in [9.17, 15) is 9.59 Å². The molecule has 2 unspecified atom stereocenters. The van der Waals surface area contributed by atoms with Crippen LogP contribution < -0.4 is 0 Å². The number of aliphatic carboxylic acids is 1. The van der Waals surface area contributed by atoms with E-state index in [1.54, 1.807) is 0 Å². The number of fused-ring (bicyclic) bond motifs is 1. The largest absolute Gasteiger partial charge is 0.481 e. The second-order valence-electron chi connectivity index (χ2n) is 6.48. The highest BCUT2D eigenvalue weighted by molar-refractivity contribution is 5.76. The van der Waals surface area contributed by atoms with Crippen LogP contribution in [-0.4, -0.2) is 52.6 Å². The van der Waals surface area contributed by atoms with Gasteiger partial charge in [-0.2, -0.15) is 0 Å². The van der Waals surface area contributed by atoms with Gasteiger partial charge in [-0.3, -0.25) is 4.79 Å². The van der Waals surface area contributed by atoms with E-state index in [4.69, 9.17) is 5.11 Å². The fourth-order valence-electron chi connectivity index (χ4n) is 4.14. The van der Waals surface area contributed by atoms with Crippen molar-refractivity contribution in [1.82, 2.24) is 9.80 Å². The summed E-state index contributed by atoms with van der Waals surface area (Å²) < 4.78 is 0. The van der Waals surface area contributed by atoms with E-state index < -0.39 is 5.97 Å². The first-order valence-corrected chi connectivity index (χ1v) is 7.95. The Hall–Kier alpha value is -1.26. The van der Waals surface area contributed by atoms with Crippen LogP contribution in [0.25, 0.3) is 0 Å². The highest BCUT2D eigenvalue weighted by Crippen LogP contribution is 2.37. The van der Waals surface area contributed by atoms with Gasteiger partial charge in [0.1, 0.15) is 0 Å². The molecule has 2 atom stereocenters. The monoisotopic (exact) mass is 280 g/mol. The summed E-state index contributed by atoms with van der Waals surface area (Å²) in [6, 6.07) is 0.608. The summed E-state index contributed by atoms with van der Waals surface area (Å²) in [4.78, 5) is 27.5. The molecule has 20 heavy (non-hydrogen) atoms. The van der Waals surface area contributed by atoms with Gasteiger partial charge >= 0.3 is 12.0 Å². The maximum Gasteiger partial charge on any atom is 0.320 e. The molecule has 1 N–H and O–H groups in total. The maximum atomic E-state index is 12.6. The number of piperidine rings is 1. The van der Waals surface area contributed by atoms with Gasteiger partial charge in [-0.1, -0.05) is 12.8 Å². The van der Waals surface area contributed by atoms with Gasteiger partial charge in [0.15, 0.2) is 0 Å². The average Bonchev–Trinajstić information content (AvgIpc) is 2.90. The zero-order chi connectivity index (χ0) is 14.1. The topological polar surface area (TPSA) is 60.9 Å². The van der Waals surface area contributed by atoms with Crippen molar-refractivity contribution in [3.63, 3.8) is 0 Å². The highest BCUT2D eigenvalue weighted by Gasteiger charge is 2.40. The lowest BCUT2D eigenvalue weighted by Crippen LogP contribution is -2.50. The molecule has 3 rings (SSSR count). The first kappa shape index (κ1) is 13.7. The smallest absolute Gasteiger partial charge is 0.320 e. The zero-order valence-corrected chi connectivity index (χ0v) is 12.0. The molecule has 3 fully saturated rings. The second-order valence-corrected chi connectivity index (χ2v) is 6.48. The fourth-order valence-corrected chi connectivity index (χ4v) is 4.14. The molecule has 0 aromatic rings. The van der Waals surface area contributed by atoms with Crippen LogP contribution in [0.1, 0.15) is 44.9 Å². The molecule has 0 spiro atoms. The summed E-state index contributed by atoms with van der Waals surface area (Å²) in [7, 11) is 0. The van der Waals surface area contributed by atoms with Gasteiger partial charge in [0, 0.05) is 25.7 Å². The first-order chi connectivity index (χ1) is 9.66. The van der Waals surface area contributed by atoms with Gasteiger partial charge in [0.2, 0.25) is 0 Å². The quantitative estimate of drug-likeness (QED) is 0.800. The van der Waals surface area contributed by atoms with E-state index in [0.29, 0.717) is 37.9 Å². The standard InChI is InChI=1S/C15H24N2O3/c18-14(19)12-5-8-16(9-6-12)15(20)17-10-7-11-3-1-2-4-13(11)17/h11-13H,1-10H2,(H,18,19). The van der Waals surface area contributed by atoms with Crippen LogP contribution in [0.5, 0.6) is 0 Å². The molecule has 1 aliphatic carbocycles. The van der Waals surface area contributed by atoms with E-state index >= 15 is 0 Å². The Bertz CT molecular complexity index is 391. The number of carboxylic acids is 1. The molecule has 2 heterocycles.